The van der Waals surface area contributed by atoms with Crippen LogP contribution < -0.4 is 5.56 Å². The van der Waals surface area contributed by atoms with Gasteiger partial charge in [-0.3, -0.25) is 19.4 Å². The summed E-state index contributed by atoms with van der Waals surface area (Å²) in [6, 6.07) is 4.14. The smallest absolute Gasteiger partial charge is 0.317 e. The second-order valence-electron chi connectivity index (χ2n) is 9.66. The zero-order chi connectivity index (χ0) is 20.0. The van der Waals surface area contributed by atoms with Gasteiger partial charge in [0, 0.05) is 50.0 Å². The van der Waals surface area contributed by atoms with Crippen LogP contribution in [0.25, 0.3) is 0 Å². The molecule has 0 amide bonds. The number of nitrogens with zero attached hydrogens (tertiary/aromatic N) is 3. The monoisotopic (exact) mass is 401 g/mol. The van der Waals surface area contributed by atoms with Crippen molar-refractivity contribution in [2.75, 3.05) is 45.9 Å². The number of hydrogen-bond acceptors (Lipinski definition) is 5. The molecule has 0 radical (unpaired) electrons. The number of likely N-dealkylation sites (tertiary alicyclic amines) is 2. The van der Waals surface area contributed by atoms with Gasteiger partial charge in [0.15, 0.2) is 0 Å². The Balaban J connectivity index is 1.29. The van der Waals surface area contributed by atoms with Crippen LogP contribution in [0.2, 0.25) is 0 Å². The van der Waals surface area contributed by atoms with Crippen LogP contribution in [-0.2, 0) is 22.6 Å². The molecule has 7 heteroatoms. The predicted molar refractivity (Wildman–Crippen MR) is 108 cm³/mol. The highest BCUT2D eigenvalue weighted by atomic mass is 16.5. The van der Waals surface area contributed by atoms with Crippen LogP contribution in [0.3, 0.4) is 0 Å². The molecule has 4 aliphatic rings. The number of carboxylic acid groups (broad SMARTS) is 1. The van der Waals surface area contributed by atoms with Crippen molar-refractivity contribution in [2.24, 2.45) is 11.3 Å². The Kier molecular flexibility index (Phi) is 5.00. The van der Waals surface area contributed by atoms with Gasteiger partial charge in [-0.1, -0.05) is 6.07 Å². The van der Waals surface area contributed by atoms with E-state index in [0.29, 0.717) is 11.3 Å². The summed E-state index contributed by atoms with van der Waals surface area (Å²) in [5.41, 5.74) is 2.54. The molecule has 3 saturated heterocycles. The number of carboxylic acids is 1. The highest BCUT2D eigenvalue weighted by Gasteiger charge is 2.38. The van der Waals surface area contributed by atoms with E-state index < -0.39 is 5.97 Å². The number of carbonyl (C=O) groups is 1. The Morgan fingerprint density at radius 1 is 1.14 bits per heavy atom. The fraction of sp³-hybridized carbons (Fsp3) is 0.727. The molecule has 4 aliphatic heterocycles. The lowest BCUT2D eigenvalue weighted by molar-refractivity contribution is -0.139. The zero-order valence-corrected chi connectivity index (χ0v) is 17.0. The van der Waals surface area contributed by atoms with Crippen molar-refractivity contribution in [3.63, 3.8) is 0 Å². The van der Waals surface area contributed by atoms with Gasteiger partial charge < -0.3 is 14.4 Å². The first-order valence-electron chi connectivity index (χ1n) is 11.0. The Morgan fingerprint density at radius 3 is 2.69 bits per heavy atom. The second kappa shape index (κ2) is 7.52. The van der Waals surface area contributed by atoms with Crippen LogP contribution in [0.1, 0.15) is 42.9 Å². The van der Waals surface area contributed by atoms with Gasteiger partial charge in [-0.15, -0.1) is 0 Å². The van der Waals surface area contributed by atoms with Gasteiger partial charge >= 0.3 is 5.97 Å². The summed E-state index contributed by atoms with van der Waals surface area (Å²) in [7, 11) is 0. The number of hydrogen-bond donors (Lipinski definition) is 1. The normalized spacial score (nSPS) is 29.1. The maximum absolute atomic E-state index is 13.2. The van der Waals surface area contributed by atoms with Crippen molar-refractivity contribution in [1.29, 1.82) is 0 Å². The molecule has 1 spiro atoms. The summed E-state index contributed by atoms with van der Waals surface area (Å²) < 4.78 is 7.62. The first-order valence-corrected chi connectivity index (χ1v) is 11.0. The minimum atomic E-state index is -0.773. The standard InChI is InChI=1S/C22H31N3O4/c26-20(27)14-24-10-16-9-18(13-24)19-2-1-17(21(28)25(19)11-16)12-23-6-3-22(4-7-23)5-8-29-15-22/h1-2,16,18H,3-15H2,(H,26,27)/t16-,18+/m0/s1. The molecule has 29 heavy (non-hydrogen) atoms. The van der Waals surface area contributed by atoms with Crippen LogP contribution in [0, 0.1) is 11.3 Å². The second-order valence-corrected chi connectivity index (χ2v) is 9.66. The molecule has 0 aromatic carbocycles. The van der Waals surface area contributed by atoms with Gasteiger partial charge in [0.1, 0.15) is 0 Å². The summed E-state index contributed by atoms with van der Waals surface area (Å²) >= 11 is 0. The van der Waals surface area contributed by atoms with Crippen LogP contribution in [-0.4, -0.2) is 71.4 Å². The molecule has 3 fully saturated rings. The largest absolute Gasteiger partial charge is 0.480 e. The van der Waals surface area contributed by atoms with Crippen molar-refractivity contribution in [1.82, 2.24) is 14.4 Å². The van der Waals surface area contributed by atoms with E-state index in [4.69, 9.17) is 9.84 Å². The number of piperidine rings is 2. The number of ether oxygens (including phenoxy) is 1. The Bertz CT molecular complexity index is 835. The molecule has 1 N–H and O–H groups in total. The van der Waals surface area contributed by atoms with E-state index in [9.17, 15) is 9.59 Å². The molecular formula is C22H31N3O4. The third kappa shape index (κ3) is 3.76. The third-order valence-corrected chi connectivity index (χ3v) is 7.61. The molecule has 158 valence electrons. The Hall–Kier alpha value is -1.70. The van der Waals surface area contributed by atoms with E-state index in [2.05, 4.69) is 11.0 Å². The van der Waals surface area contributed by atoms with Crippen molar-refractivity contribution in [3.8, 4) is 0 Å². The average Bonchev–Trinajstić information content (AvgIpc) is 3.14. The van der Waals surface area contributed by atoms with Crippen molar-refractivity contribution in [2.45, 2.75) is 44.7 Å². The van der Waals surface area contributed by atoms with Crippen LogP contribution in [0.15, 0.2) is 16.9 Å². The van der Waals surface area contributed by atoms with Crippen molar-refractivity contribution in [3.05, 3.63) is 33.7 Å². The molecule has 2 atom stereocenters. The van der Waals surface area contributed by atoms with Gasteiger partial charge in [0.05, 0.1) is 13.2 Å². The third-order valence-electron chi connectivity index (χ3n) is 7.61. The Labute approximate surface area is 171 Å². The average molecular weight is 402 g/mol. The number of aromatic nitrogens is 1. The van der Waals surface area contributed by atoms with Crippen LogP contribution in [0.4, 0.5) is 0 Å². The molecule has 0 unspecified atom stereocenters. The van der Waals surface area contributed by atoms with E-state index in [0.717, 1.165) is 70.2 Å². The molecule has 5 rings (SSSR count). The van der Waals surface area contributed by atoms with Gasteiger partial charge in [0.2, 0.25) is 0 Å². The molecule has 7 nitrogen and oxygen atoms in total. The van der Waals surface area contributed by atoms with E-state index in [-0.39, 0.29) is 18.0 Å². The lowest BCUT2D eigenvalue weighted by Crippen LogP contribution is -2.49. The summed E-state index contributed by atoms with van der Waals surface area (Å²) in [6.45, 7) is 6.94. The Morgan fingerprint density at radius 2 is 1.97 bits per heavy atom. The molecule has 0 saturated carbocycles. The van der Waals surface area contributed by atoms with Crippen molar-refractivity contribution >= 4 is 5.97 Å². The molecule has 0 aliphatic carbocycles. The predicted octanol–water partition coefficient (Wildman–Crippen LogP) is 1.35. The van der Waals surface area contributed by atoms with Crippen LogP contribution in [0.5, 0.6) is 0 Å². The summed E-state index contributed by atoms with van der Waals surface area (Å²) in [5.74, 6) is -0.142. The highest BCUT2D eigenvalue weighted by Crippen LogP contribution is 2.39. The van der Waals surface area contributed by atoms with Gasteiger partial charge in [-0.05, 0) is 56.2 Å². The fourth-order valence-electron chi connectivity index (χ4n) is 6.00. The molecule has 5 heterocycles. The molecule has 1 aromatic heterocycles. The number of pyridine rings is 1. The van der Waals surface area contributed by atoms with Gasteiger partial charge in [-0.25, -0.2) is 0 Å². The topological polar surface area (TPSA) is 75.0 Å². The number of fused-ring (bicyclic) bond motifs is 4. The van der Waals surface area contributed by atoms with Crippen LogP contribution >= 0.6 is 0 Å². The minimum absolute atomic E-state index is 0.0941. The highest BCUT2D eigenvalue weighted by molar-refractivity contribution is 5.69. The van der Waals surface area contributed by atoms with E-state index >= 15 is 0 Å². The van der Waals surface area contributed by atoms with E-state index in [1.807, 2.05) is 15.5 Å². The molecular weight excluding hydrogens is 370 g/mol. The maximum atomic E-state index is 13.2. The maximum Gasteiger partial charge on any atom is 0.317 e. The van der Waals surface area contributed by atoms with Gasteiger partial charge in [0.25, 0.3) is 5.56 Å². The SMILES string of the molecule is O=C(O)CN1C[C@@H]2C[C@H](C1)c1ccc(CN3CCC4(CCOC4)CC3)c(=O)n1C2. The molecule has 1 aromatic rings. The summed E-state index contributed by atoms with van der Waals surface area (Å²) in [4.78, 5) is 28.8. The lowest BCUT2D eigenvalue weighted by Gasteiger charge is -2.42. The van der Waals surface area contributed by atoms with E-state index in [1.165, 1.54) is 19.3 Å². The van der Waals surface area contributed by atoms with Crippen molar-refractivity contribution < 1.29 is 14.6 Å². The fourth-order valence-corrected chi connectivity index (χ4v) is 6.00. The van der Waals surface area contributed by atoms with E-state index in [1.54, 1.807) is 0 Å². The zero-order valence-electron chi connectivity index (χ0n) is 17.0. The first kappa shape index (κ1) is 19.3. The van der Waals surface area contributed by atoms with Gasteiger partial charge in [-0.2, -0.15) is 0 Å². The number of aliphatic carboxylic acids is 1. The lowest BCUT2D eigenvalue weighted by atomic mass is 9.78. The number of rotatable bonds is 4. The summed E-state index contributed by atoms with van der Waals surface area (Å²) in [5, 5.41) is 9.12. The quantitative estimate of drug-likeness (QED) is 0.821. The summed E-state index contributed by atoms with van der Waals surface area (Å²) in [6.07, 6.45) is 4.58. The molecule has 2 bridgehead atoms. The minimum Gasteiger partial charge on any atom is -0.480 e. The first-order chi connectivity index (χ1) is 14.0.